The average Bonchev–Trinajstić information content (AvgIpc) is 1.86. The first-order valence-corrected chi connectivity index (χ1v) is 4.34. The lowest BCUT2D eigenvalue weighted by molar-refractivity contribution is -0.0619. The van der Waals surface area contributed by atoms with Gasteiger partial charge in [0.1, 0.15) is 0 Å². The van der Waals surface area contributed by atoms with Crippen molar-refractivity contribution in [1.82, 2.24) is 5.32 Å². The zero-order chi connectivity index (χ0) is 8.91. The molecule has 0 aromatic carbocycles. The molecule has 0 bridgehead atoms. The third kappa shape index (κ3) is 5.22. The van der Waals surface area contributed by atoms with Crippen molar-refractivity contribution >= 4 is 0 Å². The van der Waals surface area contributed by atoms with E-state index >= 15 is 0 Å². The van der Waals surface area contributed by atoms with E-state index in [0.717, 1.165) is 13.0 Å². The summed E-state index contributed by atoms with van der Waals surface area (Å²) < 4.78 is 5.76. The Labute approximate surface area is 70.3 Å². The van der Waals surface area contributed by atoms with Crippen molar-refractivity contribution in [2.75, 3.05) is 13.6 Å². The molecule has 2 nitrogen and oxygen atoms in total. The molecule has 0 aliphatic rings. The molecule has 0 fully saturated rings. The standard InChI is InChI=1S/C9H21NO/c1-6-8(2)11-9(3,4)7-10-5/h8,10H,6-7H2,1-5H3. The molecule has 68 valence electrons. The van der Waals surface area contributed by atoms with Gasteiger partial charge in [0, 0.05) is 6.54 Å². The minimum Gasteiger partial charge on any atom is -0.371 e. The summed E-state index contributed by atoms with van der Waals surface area (Å²) in [6, 6.07) is 0. The second-order valence-corrected chi connectivity index (χ2v) is 3.63. The molecular formula is C9H21NO. The third-order valence-electron chi connectivity index (χ3n) is 1.70. The Morgan fingerprint density at radius 1 is 1.45 bits per heavy atom. The normalized spacial score (nSPS) is 15.0. The summed E-state index contributed by atoms with van der Waals surface area (Å²) in [5.41, 5.74) is -0.0375. The van der Waals surface area contributed by atoms with Gasteiger partial charge in [0.05, 0.1) is 11.7 Å². The molecule has 0 aliphatic heterocycles. The van der Waals surface area contributed by atoms with E-state index in [-0.39, 0.29) is 5.60 Å². The molecule has 1 unspecified atom stereocenters. The largest absolute Gasteiger partial charge is 0.371 e. The van der Waals surface area contributed by atoms with Gasteiger partial charge in [0.15, 0.2) is 0 Å². The summed E-state index contributed by atoms with van der Waals surface area (Å²) >= 11 is 0. The van der Waals surface area contributed by atoms with Crippen molar-refractivity contribution < 1.29 is 4.74 Å². The summed E-state index contributed by atoms with van der Waals surface area (Å²) in [4.78, 5) is 0. The van der Waals surface area contributed by atoms with Crippen LogP contribution in [0.5, 0.6) is 0 Å². The molecule has 0 aromatic rings. The fraction of sp³-hybridized carbons (Fsp3) is 1.00. The van der Waals surface area contributed by atoms with E-state index in [9.17, 15) is 0 Å². The van der Waals surface area contributed by atoms with Gasteiger partial charge < -0.3 is 10.1 Å². The zero-order valence-electron chi connectivity index (χ0n) is 8.40. The Morgan fingerprint density at radius 2 is 2.00 bits per heavy atom. The first-order valence-electron chi connectivity index (χ1n) is 4.34. The van der Waals surface area contributed by atoms with Crippen LogP contribution in [0, 0.1) is 0 Å². The van der Waals surface area contributed by atoms with Crippen LogP contribution in [-0.2, 0) is 4.74 Å². The zero-order valence-corrected chi connectivity index (χ0v) is 8.40. The second-order valence-electron chi connectivity index (χ2n) is 3.63. The van der Waals surface area contributed by atoms with Crippen molar-refractivity contribution in [3.8, 4) is 0 Å². The molecule has 1 N–H and O–H groups in total. The number of hydrogen-bond donors (Lipinski definition) is 1. The molecule has 0 aromatic heterocycles. The lowest BCUT2D eigenvalue weighted by Gasteiger charge is -2.28. The van der Waals surface area contributed by atoms with Crippen LogP contribution in [0.1, 0.15) is 34.1 Å². The van der Waals surface area contributed by atoms with Crippen LogP contribution in [-0.4, -0.2) is 25.3 Å². The Bertz CT molecular complexity index is 102. The molecule has 0 aliphatic carbocycles. The average molecular weight is 159 g/mol. The Morgan fingerprint density at radius 3 is 2.36 bits per heavy atom. The lowest BCUT2D eigenvalue weighted by atomic mass is 10.1. The summed E-state index contributed by atoms with van der Waals surface area (Å²) in [6.45, 7) is 9.36. The van der Waals surface area contributed by atoms with E-state index in [1.54, 1.807) is 0 Å². The molecule has 0 amide bonds. The molecule has 11 heavy (non-hydrogen) atoms. The van der Waals surface area contributed by atoms with E-state index in [1.165, 1.54) is 0 Å². The van der Waals surface area contributed by atoms with Crippen molar-refractivity contribution in [2.24, 2.45) is 0 Å². The molecule has 2 heteroatoms. The van der Waals surface area contributed by atoms with Crippen molar-refractivity contribution in [3.63, 3.8) is 0 Å². The number of nitrogens with one attached hydrogen (secondary N) is 1. The fourth-order valence-electron chi connectivity index (χ4n) is 1.10. The van der Waals surface area contributed by atoms with E-state index < -0.39 is 0 Å². The predicted molar refractivity (Wildman–Crippen MR) is 48.8 cm³/mol. The summed E-state index contributed by atoms with van der Waals surface area (Å²) in [7, 11) is 1.95. The minimum atomic E-state index is -0.0375. The summed E-state index contributed by atoms with van der Waals surface area (Å²) in [5.74, 6) is 0. The number of ether oxygens (including phenoxy) is 1. The maximum absolute atomic E-state index is 5.76. The van der Waals surface area contributed by atoms with Crippen molar-refractivity contribution in [2.45, 2.75) is 45.8 Å². The Kier molecular flexibility index (Phi) is 4.69. The van der Waals surface area contributed by atoms with E-state index in [1.807, 2.05) is 7.05 Å². The van der Waals surface area contributed by atoms with Crippen LogP contribution in [0.4, 0.5) is 0 Å². The minimum absolute atomic E-state index is 0.0375. The summed E-state index contributed by atoms with van der Waals surface area (Å²) in [5, 5.41) is 3.11. The van der Waals surface area contributed by atoms with Gasteiger partial charge in [-0.25, -0.2) is 0 Å². The highest BCUT2D eigenvalue weighted by molar-refractivity contribution is 4.71. The highest BCUT2D eigenvalue weighted by Crippen LogP contribution is 2.12. The molecule has 0 saturated heterocycles. The maximum atomic E-state index is 5.76. The number of hydrogen-bond acceptors (Lipinski definition) is 2. The Balaban J connectivity index is 3.70. The monoisotopic (exact) mass is 159 g/mol. The summed E-state index contributed by atoms with van der Waals surface area (Å²) in [6.07, 6.45) is 1.44. The van der Waals surface area contributed by atoms with Gasteiger partial charge >= 0.3 is 0 Å². The topological polar surface area (TPSA) is 21.3 Å². The van der Waals surface area contributed by atoms with E-state index in [0.29, 0.717) is 6.10 Å². The highest BCUT2D eigenvalue weighted by atomic mass is 16.5. The van der Waals surface area contributed by atoms with Crippen LogP contribution in [0.3, 0.4) is 0 Å². The van der Waals surface area contributed by atoms with Crippen molar-refractivity contribution in [1.29, 1.82) is 0 Å². The number of likely N-dealkylation sites (N-methyl/N-ethyl adjacent to an activating group) is 1. The highest BCUT2D eigenvalue weighted by Gasteiger charge is 2.19. The van der Waals surface area contributed by atoms with E-state index in [2.05, 4.69) is 33.0 Å². The maximum Gasteiger partial charge on any atom is 0.0753 e. The smallest absolute Gasteiger partial charge is 0.0753 e. The van der Waals surface area contributed by atoms with Gasteiger partial charge in [-0.1, -0.05) is 6.92 Å². The van der Waals surface area contributed by atoms with Gasteiger partial charge in [-0.3, -0.25) is 0 Å². The van der Waals surface area contributed by atoms with Gasteiger partial charge in [0.2, 0.25) is 0 Å². The molecule has 0 heterocycles. The van der Waals surface area contributed by atoms with Crippen LogP contribution >= 0.6 is 0 Å². The number of rotatable bonds is 5. The van der Waals surface area contributed by atoms with Crippen LogP contribution in [0.2, 0.25) is 0 Å². The van der Waals surface area contributed by atoms with Gasteiger partial charge in [-0.2, -0.15) is 0 Å². The lowest BCUT2D eigenvalue weighted by Crippen LogP contribution is -2.38. The molecule has 1 atom stereocenters. The molecular weight excluding hydrogens is 138 g/mol. The first-order chi connectivity index (χ1) is 5.02. The second kappa shape index (κ2) is 4.73. The van der Waals surface area contributed by atoms with E-state index in [4.69, 9.17) is 4.74 Å². The van der Waals surface area contributed by atoms with Gasteiger partial charge in [-0.05, 0) is 34.2 Å². The van der Waals surface area contributed by atoms with Gasteiger partial charge in [-0.15, -0.1) is 0 Å². The molecule has 0 spiro atoms. The van der Waals surface area contributed by atoms with Crippen molar-refractivity contribution in [3.05, 3.63) is 0 Å². The molecule has 0 rings (SSSR count). The molecule has 0 radical (unpaired) electrons. The SMILES string of the molecule is CCC(C)OC(C)(C)CNC. The Hall–Kier alpha value is -0.0800. The molecule has 0 saturated carbocycles. The first kappa shape index (κ1) is 10.9. The third-order valence-corrected chi connectivity index (χ3v) is 1.70. The predicted octanol–water partition coefficient (Wildman–Crippen LogP) is 1.80. The van der Waals surface area contributed by atoms with Gasteiger partial charge in [0.25, 0.3) is 0 Å². The van der Waals surface area contributed by atoms with Crippen LogP contribution < -0.4 is 5.32 Å². The van der Waals surface area contributed by atoms with Crippen LogP contribution in [0.15, 0.2) is 0 Å². The quantitative estimate of drug-likeness (QED) is 0.660. The fourth-order valence-corrected chi connectivity index (χ4v) is 1.10. The van der Waals surface area contributed by atoms with Crippen LogP contribution in [0.25, 0.3) is 0 Å².